The molecule has 0 aromatic heterocycles. The number of ketones is 1. The van der Waals surface area contributed by atoms with Crippen LogP contribution in [0.4, 0.5) is 10.5 Å². The summed E-state index contributed by atoms with van der Waals surface area (Å²) in [5.74, 6) is -0.794. The van der Waals surface area contributed by atoms with Crippen molar-refractivity contribution < 1.29 is 19.3 Å². The van der Waals surface area contributed by atoms with Crippen molar-refractivity contribution in [1.82, 2.24) is 10.2 Å². The molecule has 24 heavy (non-hydrogen) atoms. The molecule has 1 saturated heterocycles. The number of rotatable bonds is 4. The molecule has 1 N–H and O–H groups in total. The highest BCUT2D eigenvalue weighted by atomic mass is 16.6. The summed E-state index contributed by atoms with van der Waals surface area (Å²) < 4.78 is 0. The Kier molecular flexibility index (Phi) is 4.18. The predicted octanol–water partition coefficient (Wildman–Crippen LogP) is 1.98. The minimum Gasteiger partial charge on any atom is -0.319 e. The predicted molar refractivity (Wildman–Crippen MR) is 85.2 cm³/mol. The van der Waals surface area contributed by atoms with Crippen LogP contribution in [0.1, 0.15) is 33.3 Å². The number of hydrogen-bond donors (Lipinski definition) is 1. The van der Waals surface area contributed by atoms with Crippen LogP contribution in [0.15, 0.2) is 24.3 Å². The lowest BCUT2D eigenvalue weighted by molar-refractivity contribution is -0.384. The summed E-state index contributed by atoms with van der Waals surface area (Å²) in [5, 5.41) is 13.3. The fourth-order valence-electron chi connectivity index (χ4n) is 2.33. The Bertz CT molecular complexity index is 720. The third-order valence-corrected chi connectivity index (χ3v) is 4.07. The van der Waals surface area contributed by atoms with Gasteiger partial charge in [-0.05, 0) is 24.6 Å². The van der Waals surface area contributed by atoms with Crippen LogP contribution < -0.4 is 5.32 Å². The van der Waals surface area contributed by atoms with Gasteiger partial charge in [-0.15, -0.1) is 0 Å². The Balaban J connectivity index is 2.29. The van der Waals surface area contributed by atoms with Crippen molar-refractivity contribution in [3.8, 4) is 0 Å². The molecule has 0 aliphatic carbocycles. The highest BCUT2D eigenvalue weighted by Crippen LogP contribution is 2.30. The summed E-state index contributed by atoms with van der Waals surface area (Å²) in [7, 11) is 0. The number of nitro groups is 1. The summed E-state index contributed by atoms with van der Waals surface area (Å²) in [4.78, 5) is 48.0. The normalized spacial score (nSPS) is 20.9. The third-order valence-electron chi connectivity index (χ3n) is 4.07. The van der Waals surface area contributed by atoms with Gasteiger partial charge in [-0.2, -0.15) is 0 Å². The highest BCUT2D eigenvalue weighted by Gasteiger charge is 2.50. The second-order valence-corrected chi connectivity index (χ2v) is 6.92. The minimum atomic E-state index is -1.36. The number of urea groups is 1. The maximum absolute atomic E-state index is 12.7. The average molecular weight is 333 g/mol. The van der Waals surface area contributed by atoms with E-state index in [0.29, 0.717) is 5.56 Å². The number of imide groups is 1. The fraction of sp³-hybridized carbons (Fsp3) is 0.438. The molecule has 1 aliphatic rings. The number of carbonyl (C=O) groups is 3. The van der Waals surface area contributed by atoms with Gasteiger partial charge in [0.1, 0.15) is 5.54 Å². The SMILES string of the molecule is CC(C)(C)C(=O)CN1C(=O)N[C@@](C)(c2ccc([N+](=O)[O-])cc2)C1=O. The van der Waals surface area contributed by atoms with E-state index in [9.17, 15) is 24.5 Å². The first-order valence-electron chi connectivity index (χ1n) is 7.39. The highest BCUT2D eigenvalue weighted by molar-refractivity contribution is 6.09. The number of amides is 3. The molecule has 0 spiro atoms. The average Bonchev–Trinajstić information content (AvgIpc) is 2.70. The molecule has 1 aromatic carbocycles. The lowest BCUT2D eigenvalue weighted by Crippen LogP contribution is -2.42. The zero-order chi connectivity index (χ0) is 18.3. The molecule has 0 radical (unpaired) electrons. The van der Waals surface area contributed by atoms with Crippen LogP contribution in [0.25, 0.3) is 0 Å². The van der Waals surface area contributed by atoms with Crippen molar-refractivity contribution in [2.75, 3.05) is 6.54 Å². The van der Waals surface area contributed by atoms with Crippen molar-refractivity contribution in [2.24, 2.45) is 5.41 Å². The van der Waals surface area contributed by atoms with Gasteiger partial charge in [0, 0.05) is 17.5 Å². The lowest BCUT2D eigenvalue weighted by Gasteiger charge is -2.23. The molecule has 2 rings (SSSR count). The van der Waals surface area contributed by atoms with Crippen LogP contribution in [0.3, 0.4) is 0 Å². The molecule has 1 aromatic rings. The van der Waals surface area contributed by atoms with E-state index in [4.69, 9.17) is 0 Å². The zero-order valence-corrected chi connectivity index (χ0v) is 14.0. The van der Waals surface area contributed by atoms with E-state index in [2.05, 4.69) is 5.32 Å². The van der Waals surface area contributed by atoms with Gasteiger partial charge in [0.2, 0.25) is 0 Å². The molecule has 1 fully saturated rings. The number of nitrogens with zero attached hydrogens (tertiary/aromatic N) is 2. The van der Waals surface area contributed by atoms with Gasteiger partial charge in [-0.3, -0.25) is 24.6 Å². The Labute approximate surface area is 139 Å². The molecule has 1 aliphatic heterocycles. The van der Waals surface area contributed by atoms with E-state index in [1.807, 2.05) is 0 Å². The summed E-state index contributed by atoms with van der Waals surface area (Å²) in [6, 6.07) is 4.72. The molecule has 1 atom stereocenters. The number of carbonyl (C=O) groups excluding carboxylic acids is 3. The van der Waals surface area contributed by atoms with Crippen LogP contribution in [-0.4, -0.2) is 34.1 Å². The maximum atomic E-state index is 12.7. The van der Waals surface area contributed by atoms with Gasteiger partial charge >= 0.3 is 6.03 Å². The molecule has 8 nitrogen and oxygen atoms in total. The van der Waals surface area contributed by atoms with Crippen molar-refractivity contribution in [2.45, 2.75) is 33.2 Å². The summed E-state index contributed by atoms with van der Waals surface area (Å²) >= 11 is 0. The van der Waals surface area contributed by atoms with Gasteiger partial charge < -0.3 is 5.32 Å². The van der Waals surface area contributed by atoms with Crippen LogP contribution in [-0.2, 0) is 15.1 Å². The van der Waals surface area contributed by atoms with Gasteiger partial charge in [0.05, 0.1) is 11.5 Å². The monoisotopic (exact) mass is 333 g/mol. The van der Waals surface area contributed by atoms with Crippen molar-refractivity contribution >= 4 is 23.4 Å². The number of hydrogen-bond acceptors (Lipinski definition) is 5. The van der Waals surface area contributed by atoms with Gasteiger partial charge in [-0.1, -0.05) is 20.8 Å². The summed E-state index contributed by atoms with van der Waals surface area (Å²) in [6.07, 6.45) is 0. The van der Waals surface area contributed by atoms with Crippen LogP contribution in [0.5, 0.6) is 0 Å². The first-order valence-corrected chi connectivity index (χ1v) is 7.39. The number of nitro benzene ring substituents is 1. The van der Waals surface area contributed by atoms with E-state index < -0.39 is 27.8 Å². The minimum absolute atomic E-state index is 0.112. The molecule has 1 heterocycles. The molecule has 8 heteroatoms. The molecule has 0 bridgehead atoms. The van der Waals surface area contributed by atoms with E-state index in [-0.39, 0.29) is 18.0 Å². The molecular weight excluding hydrogens is 314 g/mol. The second kappa shape index (κ2) is 5.70. The molecule has 3 amide bonds. The Hall–Kier alpha value is -2.77. The van der Waals surface area contributed by atoms with E-state index in [1.165, 1.54) is 31.2 Å². The van der Waals surface area contributed by atoms with E-state index in [1.54, 1.807) is 20.8 Å². The summed E-state index contributed by atoms with van der Waals surface area (Å²) in [6.45, 7) is 6.34. The Morgan fingerprint density at radius 2 is 1.79 bits per heavy atom. The molecule has 128 valence electrons. The molecule has 0 unspecified atom stereocenters. The van der Waals surface area contributed by atoms with Crippen LogP contribution in [0, 0.1) is 15.5 Å². The first-order chi connectivity index (χ1) is 11.0. The second-order valence-electron chi connectivity index (χ2n) is 6.92. The van der Waals surface area contributed by atoms with Crippen molar-refractivity contribution in [3.05, 3.63) is 39.9 Å². The molecular formula is C16H19N3O5. The van der Waals surface area contributed by atoms with Gasteiger partial charge in [0.15, 0.2) is 5.78 Å². The third kappa shape index (κ3) is 2.99. The lowest BCUT2D eigenvalue weighted by atomic mass is 9.89. The fourth-order valence-corrected chi connectivity index (χ4v) is 2.33. The van der Waals surface area contributed by atoms with Crippen molar-refractivity contribution in [1.29, 1.82) is 0 Å². The zero-order valence-electron chi connectivity index (χ0n) is 14.0. The smallest absolute Gasteiger partial charge is 0.319 e. The number of Topliss-reactive ketones (excluding diaryl/α,β-unsaturated/α-hetero) is 1. The quantitative estimate of drug-likeness (QED) is 0.514. The summed E-state index contributed by atoms with van der Waals surface area (Å²) in [5.41, 5.74) is -1.73. The largest absolute Gasteiger partial charge is 0.325 e. The topological polar surface area (TPSA) is 110 Å². The number of benzene rings is 1. The van der Waals surface area contributed by atoms with Gasteiger partial charge in [-0.25, -0.2) is 4.79 Å². The van der Waals surface area contributed by atoms with Gasteiger partial charge in [0.25, 0.3) is 11.6 Å². The number of non-ortho nitro benzene ring substituents is 1. The van der Waals surface area contributed by atoms with E-state index in [0.717, 1.165) is 4.90 Å². The van der Waals surface area contributed by atoms with Crippen LogP contribution >= 0.6 is 0 Å². The Morgan fingerprint density at radius 1 is 1.25 bits per heavy atom. The standard InChI is InChI=1S/C16H19N3O5/c1-15(2,3)12(20)9-18-13(21)16(4,17-14(18)22)10-5-7-11(8-6-10)19(23)24/h5-8H,9H2,1-4H3,(H,17,22)/t16-/m0/s1. The number of nitrogens with one attached hydrogen (secondary N) is 1. The Morgan fingerprint density at radius 3 is 2.25 bits per heavy atom. The first kappa shape index (κ1) is 17.6. The molecule has 0 saturated carbocycles. The van der Waals surface area contributed by atoms with Crippen molar-refractivity contribution in [3.63, 3.8) is 0 Å². The van der Waals surface area contributed by atoms with Crippen LogP contribution in [0.2, 0.25) is 0 Å². The maximum Gasteiger partial charge on any atom is 0.325 e. The van der Waals surface area contributed by atoms with E-state index >= 15 is 0 Å².